The third-order valence-electron chi connectivity index (χ3n) is 6.75. The largest absolute Gasteiger partial charge is 0.311 e. The van der Waals surface area contributed by atoms with E-state index >= 15 is 0 Å². The summed E-state index contributed by atoms with van der Waals surface area (Å²) in [5, 5.41) is 0. The smallest absolute Gasteiger partial charge is 0.233 e. The maximum absolute atomic E-state index is 13.7. The number of fused-ring (bicyclic) bond motifs is 1. The molecule has 1 aromatic carbocycles. The Kier molecular flexibility index (Phi) is 2.76. The van der Waals surface area contributed by atoms with E-state index in [9.17, 15) is 13.6 Å². The molecule has 0 unspecified atom stereocenters. The van der Waals surface area contributed by atoms with E-state index < -0.39 is 11.6 Å². The number of anilines is 1. The Morgan fingerprint density at radius 1 is 1.00 bits per heavy atom. The summed E-state index contributed by atoms with van der Waals surface area (Å²) in [7, 11) is 0. The minimum absolute atomic E-state index is 0.182. The third kappa shape index (κ3) is 1.93. The highest BCUT2D eigenvalue weighted by Crippen LogP contribution is 2.61. The zero-order valence-electron chi connectivity index (χ0n) is 13.2. The fraction of sp³-hybridized carbons (Fsp3) is 0.632. The fourth-order valence-electron chi connectivity index (χ4n) is 6.25. The van der Waals surface area contributed by atoms with Gasteiger partial charge in [-0.05, 0) is 74.3 Å². The van der Waals surface area contributed by atoms with Crippen molar-refractivity contribution in [2.45, 2.75) is 44.9 Å². The van der Waals surface area contributed by atoms with Crippen molar-refractivity contribution in [3.05, 3.63) is 29.3 Å². The summed E-state index contributed by atoms with van der Waals surface area (Å²) in [6, 6.07) is 2.48. The first-order valence-corrected chi connectivity index (χ1v) is 8.84. The summed E-state index contributed by atoms with van der Waals surface area (Å²) in [5.74, 6) is 0.634. The first-order valence-electron chi connectivity index (χ1n) is 8.84. The van der Waals surface area contributed by atoms with Crippen molar-refractivity contribution in [3.63, 3.8) is 0 Å². The predicted molar refractivity (Wildman–Crippen MR) is 83.0 cm³/mol. The molecule has 0 spiro atoms. The predicted octanol–water partition coefficient (Wildman–Crippen LogP) is 4.07. The molecule has 23 heavy (non-hydrogen) atoms. The molecule has 4 heteroatoms. The average Bonchev–Trinajstić information content (AvgIpc) is 2.88. The third-order valence-corrected chi connectivity index (χ3v) is 6.75. The van der Waals surface area contributed by atoms with Gasteiger partial charge in [0.25, 0.3) is 0 Å². The van der Waals surface area contributed by atoms with Gasteiger partial charge in [-0.2, -0.15) is 0 Å². The van der Waals surface area contributed by atoms with E-state index in [1.165, 1.54) is 31.4 Å². The first kappa shape index (κ1) is 13.9. The number of nitrogens with zero attached hydrogens (tertiary/aromatic N) is 1. The summed E-state index contributed by atoms with van der Waals surface area (Å²) in [6.45, 7) is 0.568. The van der Waals surface area contributed by atoms with E-state index in [0.29, 0.717) is 36.4 Å². The Balaban J connectivity index is 1.50. The van der Waals surface area contributed by atoms with E-state index in [1.807, 2.05) is 0 Å². The van der Waals surface area contributed by atoms with E-state index in [-0.39, 0.29) is 11.3 Å². The van der Waals surface area contributed by atoms with Crippen molar-refractivity contribution in [1.29, 1.82) is 0 Å². The zero-order valence-corrected chi connectivity index (χ0v) is 13.2. The molecule has 1 heterocycles. The monoisotopic (exact) mass is 317 g/mol. The second kappa shape index (κ2) is 4.55. The molecule has 1 aromatic rings. The van der Waals surface area contributed by atoms with E-state index in [2.05, 4.69) is 0 Å². The minimum Gasteiger partial charge on any atom is -0.311 e. The molecule has 5 aliphatic rings. The number of hydrogen-bond donors (Lipinski definition) is 0. The number of halogens is 2. The minimum atomic E-state index is -0.853. The Hall–Kier alpha value is -1.45. The maximum atomic E-state index is 13.7. The number of hydrogen-bond acceptors (Lipinski definition) is 1. The van der Waals surface area contributed by atoms with Crippen LogP contribution in [0.15, 0.2) is 12.1 Å². The highest BCUT2D eigenvalue weighted by atomic mass is 19.2. The van der Waals surface area contributed by atoms with Gasteiger partial charge in [0, 0.05) is 12.6 Å². The molecular formula is C19H21F2NO. The molecule has 1 amide bonds. The van der Waals surface area contributed by atoms with E-state index in [1.54, 1.807) is 4.90 Å². The van der Waals surface area contributed by atoms with Crippen molar-refractivity contribution in [2.75, 3.05) is 11.4 Å². The van der Waals surface area contributed by atoms with Crippen LogP contribution in [0.3, 0.4) is 0 Å². The zero-order chi connectivity index (χ0) is 15.8. The van der Waals surface area contributed by atoms with Crippen molar-refractivity contribution in [2.24, 2.45) is 23.2 Å². The van der Waals surface area contributed by atoms with Gasteiger partial charge < -0.3 is 4.90 Å². The molecular weight excluding hydrogens is 296 g/mol. The number of benzene rings is 1. The van der Waals surface area contributed by atoms with Crippen LogP contribution >= 0.6 is 0 Å². The van der Waals surface area contributed by atoms with E-state index in [0.717, 1.165) is 24.8 Å². The number of carbonyl (C=O) groups is 1. The van der Waals surface area contributed by atoms with Gasteiger partial charge in [-0.15, -0.1) is 0 Å². The lowest BCUT2D eigenvalue weighted by molar-refractivity contribution is -0.143. The molecule has 4 aliphatic carbocycles. The van der Waals surface area contributed by atoms with Gasteiger partial charge in [-0.25, -0.2) is 8.78 Å². The van der Waals surface area contributed by atoms with Crippen LogP contribution in [0, 0.1) is 34.8 Å². The lowest BCUT2D eigenvalue weighted by Gasteiger charge is -2.56. The maximum Gasteiger partial charge on any atom is 0.233 e. The first-order chi connectivity index (χ1) is 11.0. The quantitative estimate of drug-likeness (QED) is 0.764. The fourth-order valence-corrected chi connectivity index (χ4v) is 6.25. The molecule has 0 N–H and O–H groups in total. The van der Waals surface area contributed by atoms with Gasteiger partial charge in [-0.3, -0.25) is 4.79 Å². The van der Waals surface area contributed by atoms with Crippen LogP contribution in [-0.2, 0) is 11.2 Å². The lowest BCUT2D eigenvalue weighted by Crippen LogP contribution is -2.54. The summed E-state index contributed by atoms with van der Waals surface area (Å²) >= 11 is 0. The van der Waals surface area contributed by atoms with Crippen LogP contribution in [0.1, 0.15) is 44.1 Å². The molecule has 6 rings (SSSR count). The summed E-state index contributed by atoms with van der Waals surface area (Å²) < 4.78 is 27.1. The normalized spacial score (nSPS) is 37.3. The van der Waals surface area contributed by atoms with Crippen molar-refractivity contribution >= 4 is 11.6 Å². The van der Waals surface area contributed by atoms with Crippen molar-refractivity contribution in [1.82, 2.24) is 0 Å². The topological polar surface area (TPSA) is 20.3 Å². The molecule has 122 valence electrons. The highest BCUT2D eigenvalue weighted by molar-refractivity contribution is 5.99. The molecule has 0 radical (unpaired) electrons. The van der Waals surface area contributed by atoms with Crippen LogP contribution in [-0.4, -0.2) is 12.5 Å². The van der Waals surface area contributed by atoms with Crippen molar-refractivity contribution in [3.8, 4) is 0 Å². The van der Waals surface area contributed by atoms with Gasteiger partial charge in [-0.1, -0.05) is 0 Å². The SMILES string of the molecule is O=C(N1CCc2cc(F)c(F)cc21)C12CC3CC(CC(C3)C1)C2. The van der Waals surface area contributed by atoms with Crippen LogP contribution in [0.5, 0.6) is 0 Å². The van der Waals surface area contributed by atoms with Crippen LogP contribution in [0.25, 0.3) is 0 Å². The van der Waals surface area contributed by atoms with Gasteiger partial charge in [0.2, 0.25) is 5.91 Å². The standard InChI is InChI=1S/C19H21F2NO/c20-15-6-14-1-2-22(17(14)7-16(15)21)18(23)19-8-11-3-12(9-19)5-13(4-11)10-19/h6-7,11-13H,1-5,8-10H2. The molecule has 2 nitrogen and oxygen atoms in total. The van der Waals surface area contributed by atoms with Gasteiger partial charge in [0.15, 0.2) is 11.6 Å². The van der Waals surface area contributed by atoms with Gasteiger partial charge in [0.05, 0.1) is 11.1 Å². The second-order valence-corrected chi connectivity index (χ2v) is 8.30. The Labute approximate surface area is 134 Å². The lowest BCUT2D eigenvalue weighted by atomic mass is 9.49. The summed E-state index contributed by atoms with van der Waals surface area (Å²) in [6.07, 6.45) is 7.54. The molecule has 4 fully saturated rings. The molecule has 0 aromatic heterocycles. The number of carbonyl (C=O) groups excluding carboxylic acids is 1. The van der Waals surface area contributed by atoms with Crippen LogP contribution < -0.4 is 4.90 Å². The highest BCUT2D eigenvalue weighted by Gasteiger charge is 2.56. The Morgan fingerprint density at radius 2 is 1.57 bits per heavy atom. The van der Waals surface area contributed by atoms with Gasteiger partial charge >= 0.3 is 0 Å². The van der Waals surface area contributed by atoms with E-state index in [4.69, 9.17) is 0 Å². The van der Waals surface area contributed by atoms with Crippen LogP contribution in [0.4, 0.5) is 14.5 Å². The Morgan fingerprint density at radius 3 is 2.17 bits per heavy atom. The Bertz CT molecular complexity index is 664. The molecule has 0 saturated heterocycles. The van der Waals surface area contributed by atoms with Gasteiger partial charge in [0.1, 0.15) is 0 Å². The molecule has 4 bridgehead atoms. The molecule has 0 atom stereocenters. The summed E-state index contributed by atoms with van der Waals surface area (Å²) in [4.78, 5) is 15.1. The van der Waals surface area contributed by atoms with Crippen LogP contribution in [0.2, 0.25) is 0 Å². The molecule has 1 aliphatic heterocycles. The number of amides is 1. The second-order valence-electron chi connectivity index (χ2n) is 8.30. The number of rotatable bonds is 1. The average molecular weight is 317 g/mol. The summed E-state index contributed by atoms with van der Waals surface area (Å²) in [5.41, 5.74) is 1.15. The molecule has 4 saturated carbocycles. The van der Waals surface area contributed by atoms with Crippen molar-refractivity contribution < 1.29 is 13.6 Å².